The van der Waals surface area contributed by atoms with Gasteiger partial charge >= 0.3 is 0 Å². The van der Waals surface area contributed by atoms with Crippen molar-refractivity contribution in [1.82, 2.24) is 14.8 Å². The van der Waals surface area contributed by atoms with Gasteiger partial charge in [0.1, 0.15) is 11.6 Å². The highest BCUT2D eigenvalue weighted by Gasteiger charge is 2.37. The van der Waals surface area contributed by atoms with Crippen LogP contribution in [-0.4, -0.2) is 40.9 Å². The molecule has 2 heterocycles. The molecule has 1 amide bonds. The van der Waals surface area contributed by atoms with Crippen LogP contribution < -0.4 is 10.0 Å². The molecule has 3 rings (SSSR count). The standard InChI is InChI=1S/C13H15N5O3S/c1-17-8-15-16-13(17)9-3-2-4-10(5-9)18-7-11(6-12(18)19)22(14,20)21/h2-5,8,11H,6-7H2,1H3,(H2,14,20,21). The van der Waals surface area contributed by atoms with E-state index < -0.39 is 15.3 Å². The molecule has 0 radical (unpaired) electrons. The zero-order chi connectivity index (χ0) is 15.9. The van der Waals surface area contributed by atoms with E-state index in [9.17, 15) is 13.2 Å². The maximum atomic E-state index is 12.1. The SMILES string of the molecule is Cn1cnnc1-c1cccc(N2CC(S(N)(=O)=O)CC2=O)c1. The van der Waals surface area contributed by atoms with Gasteiger partial charge in [0.2, 0.25) is 15.9 Å². The van der Waals surface area contributed by atoms with Gasteiger partial charge in [-0.2, -0.15) is 0 Å². The van der Waals surface area contributed by atoms with E-state index in [-0.39, 0.29) is 18.9 Å². The summed E-state index contributed by atoms with van der Waals surface area (Å²) in [6, 6.07) is 7.18. The average Bonchev–Trinajstić information content (AvgIpc) is 3.04. The molecule has 9 heteroatoms. The van der Waals surface area contributed by atoms with Crippen LogP contribution in [0.2, 0.25) is 0 Å². The predicted octanol–water partition coefficient (Wildman–Crippen LogP) is -0.124. The van der Waals surface area contributed by atoms with Gasteiger partial charge in [-0.3, -0.25) is 4.79 Å². The zero-order valence-corrected chi connectivity index (χ0v) is 12.7. The lowest BCUT2D eigenvalue weighted by Gasteiger charge is -2.17. The van der Waals surface area contributed by atoms with E-state index >= 15 is 0 Å². The minimum atomic E-state index is -3.73. The topological polar surface area (TPSA) is 111 Å². The van der Waals surface area contributed by atoms with Gasteiger partial charge in [-0.05, 0) is 12.1 Å². The maximum Gasteiger partial charge on any atom is 0.228 e. The lowest BCUT2D eigenvalue weighted by atomic mass is 10.2. The average molecular weight is 321 g/mol. The summed E-state index contributed by atoms with van der Waals surface area (Å²) in [5, 5.41) is 12.1. The second-order valence-electron chi connectivity index (χ2n) is 5.24. The van der Waals surface area contributed by atoms with Gasteiger partial charge in [-0.25, -0.2) is 13.6 Å². The normalized spacial score (nSPS) is 18.9. The van der Waals surface area contributed by atoms with Crippen LogP contribution in [0.1, 0.15) is 6.42 Å². The third kappa shape index (κ3) is 2.60. The summed E-state index contributed by atoms with van der Waals surface area (Å²) in [5.41, 5.74) is 1.42. The Morgan fingerprint density at radius 1 is 1.36 bits per heavy atom. The second-order valence-corrected chi connectivity index (χ2v) is 7.08. The molecule has 1 aliphatic rings. The molecule has 0 spiro atoms. The maximum absolute atomic E-state index is 12.1. The Kier molecular flexibility index (Phi) is 3.45. The van der Waals surface area contributed by atoms with Gasteiger partial charge in [0.15, 0.2) is 5.82 Å². The van der Waals surface area contributed by atoms with Crippen molar-refractivity contribution in [3.8, 4) is 11.4 Å². The molecule has 1 atom stereocenters. The molecule has 2 N–H and O–H groups in total. The van der Waals surface area contributed by atoms with Crippen LogP contribution in [0, 0.1) is 0 Å². The molecular weight excluding hydrogens is 306 g/mol. The Bertz CT molecular complexity index is 830. The minimum absolute atomic E-state index is 0.0694. The van der Waals surface area contributed by atoms with E-state index in [2.05, 4.69) is 10.2 Å². The molecule has 1 aromatic heterocycles. The highest BCUT2D eigenvalue weighted by Crippen LogP contribution is 2.27. The number of primary sulfonamides is 1. The van der Waals surface area contributed by atoms with Gasteiger partial charge in [0.05, 0.1) is 0 Å². The van der Waals surface area contributed by atoms with Gasteiger partial charge < -0.3 is 9.47 Å². The number of anilines is 1. The highest BCUT2D eigenvalue weighted by atomic mass is 32.2. The summed E-state index contributed by atoms with van der Waals surface area (Å²) in [4.78, 5) is 13.5. The first-order valence-corrected chi connectivity index (χ1v) is 8.23. The van der Waals surface area contributed by atoms with Crippen molar-refractivity contribution >= 4 is 21.6 Å². The minimum Gasteiger partial charge on any atom is -0.317 e. The van der Waals surface area contributed by atoms with Crippen LogP contribution in [0.25, 0.3) is 11.4 Å². The number of rotatable bonds is 3. The number of hydrogen-bond acceptors (Lipinski definition) is 5. The summed E-state index contributed by atoms with van der Waals surface area (Å²) >= 11 is 0. The van der Waals surface area contributed by atoms with Crippen molar-refractivity contribution in [2.45, 2.75) is 11.7 Å². The summed E-state index contributed by atoms with van der Waals surface area (Å²) in [6.07, 6.45) is 1.49. The van der Waals surface area contributed by atoms with Crippen LogP contribution in [0.4, 0.5) is 5.69 Å². The first kappa shape index (κ1) is 14.7. The number of amides is 1. The van der Waals surface area contributed by atoms with E-state index in [0.29, 0.717) is 11.5 Å². The Morgan fingerprint density at radius 3 is 2.73 bits per heavy atom. The first-order valence-electron chi connectivity index (χ1n) is 6.62. The van der Waals surface area contributed by atoms with Crippen LogP contribution in [0.15, 0.2) is 30.6 Å². The number of carbonyl (C=O) groups is 1. The quantitative estimate of drug-likeness (QED) is 0.847. The molecule has 0 aliphatic carbocycles. The Labute approximate surface area is 127 Å². The van der Waals surface area contributed by atoms with E-state index in [1.54, 1.807) is 29.1 Å². The lowest BCUT2D eigenvalue weighted by Crippen LogP contribution is -2.32. The number of aromatic nitrogens is 3. The van der Waals surface area contributed by atoms with Gasteiger partial charge in [-0.15, -0.1) is 10.2 Å². The van der Waals surface area contributed by atoms with E-state index in [4.69, 9.17) is 5.14 Å². The number of nitrogens with zero attached hydrogens (tertiary/aromatic N) is 4. The number of nitrogens with two attached hydrogens (primary N) is 1. The van der Waals surface area contributed by atoms with Crippen molar-refractivity contribution in [3.63, 3.8) is 0 Å². The van der Waals surface area contributed by atoms with Crippen molar-refractivity contribution in [3.05, 3.63) is 30.6 Å². The summed E-state index contributed by atoms with van der Waals surface area (Å²) in [5.74, 6) is 0.408. The van der Waals surface area contributed by atoms with Crippen LogP contribution >= 0.6 is 0 Å². The molecule has 22 heavy (non-hydrogen) atoms. The predicted molar refractivity (Wildman–Crippen MR) is 80.3 cm³/mol. The zero-order valence-electron chi connectivity index (χ0n) is 11.9. The molecule has 0 saturated carbocycles. The Balaban J connectivity index is 1.94. The summed E-state index contributed by atoms with van der Waals surface area (Å²) in [6.45, 7) is 0.0694. The molecule has 1 saturated heterocycles. The molecular formula is C13H15N5O3S. The van der Waals surface area contributed by atoms with Crippen molar-refractivity contribution < 1.29 is 13.2 Å². The molecule has 2 aromatic rings. The lowest BCUT2D eigenvalue weighted by molar-refractivity contribution is -0.117. The van der Waals surface area contributed by atoms with Crippen molar-refractivity contribution in [2.24, 2.45) is 12.2 Å². The summed E-state index contributed by atoms with van der Waals surface area (Å²) in [7, 11) is -1.91. The first-order chi connectivity index (χ1) is 10.4. The fraction of sp³-hybridized carbons (Fsp3) is 0.308. The Morgan fingerprint density at radius 2 is 2.14 bits per heavy atom. The molecule has 1 fully saturated rings. The smallest absolute Gasteiger partial charge is 0.228 e. The largest absolute Gasteiger partial charge is 0.317 e. The molecule has 8 nitrogen and oxygen atoms in total. The van der Waals surface area contributed by atoms with E-state index in [1.165, 1.54) is 4.90 Å². The molecule has 1 aliphatic heterocycles. The number of benzene rings is 1. The van der Waals surface area contributed by atoms with Gasteiger partial charge in [0, 0.05) is 31.3 Å². The molecule has 0 bridgehead atoms. The number of aryl methyl sites for hydroxylation is 1. The number of carbonyl (C=O) groups excluding carboxylic acids is 1. The van der Waals surface area contributed by atoms with E-state index in [0.717, 1.165) is 5.56 Å². The number of sulfonamides is 1. The molecule has 1 unspecified atom stereocenters. The highest BCUT2D eigenvalue weighted by molar-refractivity contribution is 7.89. The van der Waals surface area contributed by atoms with Gasteiger partial charge in [0.25, 0.3) is 0 Å². The monoisotopic (exact) mass is 321 g/mol. The van der Waals surface area contributed by atoms with Crippen molar-refractivity contribution in [2.75, 3.05) is 11.4 Å². The number of hydrogen-bond donors (Lipinski definition) is 1. The van der Waals surface area contributed by atoms with Gasteiger partial charge in [-0.1, -0.05) is 12.1 Å². The van der Waals surface area contributed by atoms with Crippen LogP contribution in [0.5, 0.6) is 0 Å². The third-order valence-electron chi connectivity index (χ3n) is 3.68. The Hall–Kier alpha value is -2.26. The van der Waals surface area contributed by atoms with Crippen LogP contribution in [0.3, 0.4) is 0 Å². The van der Waals surface area contributed by atoms with Crippen LogP contribution in [-0.2, 0) is 21.9 Å². The van der Waals surface area contributed by atoms with E-state index in [1.807, 2.05) is 13.1 Å². The molecule has 1 aromatic carbocycles. The molecule has 116 valence electrons. The third-order valence-corrected chi connectivity index (χ3v) is 4.93. The summed E-state index contributed by atoms with van der Waals surface area (Å²) < 4.78 is 24.6. The fourth-order valence-corrected chi connectivity index (χ4v) is 3.23. The fourth-order valence-electron chi connectivity index (χ4n) is 2.50. The second kappa shape index (κ2) is 5.18. The van der Waals surface area contributed by atoms with Crippen molar-refractivity contribution in [1.29, 1.82) is 0 Å².